The number of carbonyl (C=O) groups is 1. The molecule has 0 bridgehead atoms. The zero-order valence-electron chi connectivity index (χ0n) is 23.0. The zero-order valence-corrected chi connectivity index (χ0v) is 25.4. The number of aliphatic hydroxyl groups excluding tert-OH is 1. The monoisotopic (exact) mass is 695 g/mol. The van der Waals surface area contributed by atoms with Crippen LogP contribution in [0.15, 0.2) is 89.2 Å². The minimum absolute atomic E-state index is 0. The van der Waals surface area contributed by atoms with Crippen LogP contribution in [0.2, 0.25) is 0 Å². The Morgan fingerprint density at radius 3 is 2.10 bits per heavy atom. The third-order valence-electron chi connectivity index (χ3n) is 6.19. The van der Waals surface area contributed by atoms with Gasteiger partial charge in [-0.1, -0.05) is 56.3 Å². The summed E-state index contributed by atoms with van der Waals surface area (Å²) in [6.45, 7) is 11.3. The summed E-state index contributed by atoms with van der Waals surface area (Å²) in [6.07, 6.45) is 3.01. The summed E-state index contributed by atoms with van der Waals surface area (Å²) in [5.41, 5.74) is 11.1. The van der Waals surface area contributed by atoms with Crippen LogP contribution in [-0.4, -0.2) is 15.9 Å². The van der Waals surface area contributed by atoms with E-state index >= 15 is 0 Å². The Hall–Kier alpha value is -3.79. The second kappa shape index (κ2) is 12.8. The number of hydrogen-bond donors (Lipinski definition) is 1. The number of rotatable bonds is 4. The average Bonchev–Trinajstić information content (AvgIpc) is 3.28. The number of ketones is 1. The van der Waals surface area contributed by atoms with Crippen molar-refractivity contribution in [2.45, 2.75) is 41.5 Å². The van der Waals surface area contributed by atoms with Gasteiger partial charge in [-0.15, -0.1) is 34.9 Å². The van der Waals surface area contributed by atoms with Gasteiger partial charge in [-0.3, -0.25) is 4.79 Å². The molecule has 0 atom stereocenters. The van der Waals surface area contributed by atoms with Crippen LogP contribution >= 0.6 is 0 Å². The van der Waals surface area contributed by atoms with Gasteiger partial charge in [0, 0.05) is 49.0 Å². The maximum Gasteiger partial charge on any atom is 0.155 e. The summed E-state index contributed by atoms with van der Waals surface area (Å²) in [5.74, 6) is 0.786. The molecule has 0 aliphatic heterocycles. The second-order valence-electron chi connectivity index (χ2n) is 9.68. The van der Waals surface area contributed by atoms with Crippen molar-refractivity contribution in [2.75, 3.05) is 0 Å². The van der Waals surface area contributed by atoms with Crippen molar-refractivity contribution in [1.29, 1.82) is 0 Å². The van der Waals surface area contributed by atoms with Gasteiger partial charge >= 0.3 is 0 Å². The second-order valence-corrected chi connectivity index (χ2v) is 9.68. The molecule has 0 spiro atoms. The fourth-order valence-corrected chi connectivity index (χ4v) is 4.69. The predicted molar refractivity (Wildman–Crippen MR) is 155 cm³/mol. The van der Waals surface area contributed by atoms with Crippen LogP contribution < -0.4 is 0 Å². The minimum Gasteiger partial charge on any atom is -0.512 e. The van der Waals surface area contributed by atoms with Gasteiger partial charge < -0.3 is 14.5 Å². The SMILES string of the molecule is CC(=O)/C=C(/C)O.Cc1[c-]c(-c2nccc3cc(-c4ccc(-c5c(C)cccc5C)cc4)oc23)cc(C)c1.[Ir]. The molecule has 0 saturated carbocycles. The van der Waals surface area contributed by atoms with E-state index in [4.69, 9.17) is 9.52 Å². The number of pyridine rings is 1. The molecule has 5 heteroatoms. The molecule has 0 aliphatic carbocycles. The van der Waals surface area contributed by atoms with Gasteiger partial charge in [0.1, 0.15) is 11.3 Å². The van der Waals surface area contributed by atoms with E-state index in [9.17, 15) is 4.79 Å². The predicted octanol–water partition coefficient (Wildman–Crippen LogP) is 8.90. The number of aryl methyl sites for hydroxylation is 4. The third kappa shape index (κ3) is 7.20. The summed E-state index contributed by atoms with van der Waals surface area (Å²) in [5, 5.41) is 9.41. The Labute approximate surface area is 243 Å². The van der Waals surface area contributed by atoms with Gasteiger partial charge in [0.15, 0.2) is 5.78 Å². The molecule has 0 amide bonds. The van der Waals surface area contributed by atoms with Crippen molar-refractivity contribution in [3.8, 4) is 33.7 Å². The van der Waals surface area contributed by atoms with E-state index in [2.05, 4.69) is 99.4 Å². The first-order chi connectivity index (χ1) is 18.1. The van der Waals surface area contributed by atoms with Crippen molar-refractivity contribution < 1.29 is 34.4 Å². The molecule has 0 aliphatic rings. The number of carbonyl (C=O) groups excluding carboxylic acids is 1. The quantitative estimate of drug-likeness (QED) is 0.116. The topological polar surface area (TPSA) is 63.3 Å². The number of hydrogen-bond acceptors (Lipinski definition) is 4. The molecule has 39 heavy (non-hydrogen) atoms. The van der Waals surface area contributed by atoms with Crippen molar-refractivity contribution in [3.05, 3.63) is 113 Å². The van der Waals surface area contributed by atoms with E-state index in [1.165, 1.54) is 47.7 Å². The molecule has 4 nitrogen and oxygen atoms in total. The van der Waals surface area contributed by atoms with Crippen LogP contribution in [0.1, 0.15) is 36.1 Å². The fraction of sp³-hybridized carbons (Fsp3) is 0.176. The van der Waals surface area contributed by atoms with Crippen molar-refractivity contribution in [2.24, 2.45) is 0 Å². The van der Waals surface area contributed by atoms with E-state index in [1.807, 2.05) is 12.3 Å². The Kier molecular flexibility index (Phi) is 9.80. The van der Waals surface area contributed by atoms with E-state index in [0.717, 1.165) is 39.1 Å². The van der Waals surface area contributed by atoms with Gasteiger partial charge in [-0.25, -0.2) is 0 Å². The van der Waals surface area contributed by atoms with Crippen molar-refractivity contribution >= 4 is 16.8 Å². The van der Waals surface area contributed by atoms with Gasteiger partial charge in [-0.2, -0.15) is 0 Å². The first kappa shape index (κ1) is 29.8. The third-order valence-corrected chi connectivity index (χ3v) is 6.19. The summed E-state index contributed by atoms with van der Waals surface area (Å²) >= 11 is 0. The molecular weight excluding hydrogens is 663 g/mol. The smallest absolute Gasteiger partial charge is 0.155 e. The van der Waals surface area contributed by atoms with E-state index in [-0.39, 0.29) is 31.6 Å². The summed E-state index contributed by atoms with van der Waals surface area (Å²) in [4.78, 5) is 14.6. The van der Waals surface area contributed by atoms with E-state index in [1.54, 1.807) is 0 Å². The van der Waals surface area contributed by atoms with E-state index in [0.29, 0.717) is 0 Å². The first-order valence-electron chi connectivity index (χ1n) is 12.6. The van der Waals surface area contributed by atoms with E-state index < -0.39 is 0 Å². The molecule has 0 saturated heterocycles. The molecular formula is C34H32IrNO3-. The van der Waals surface area contributed by atoms with Crippen LogP contribution in [0.5, 0.6) is 0 Å². The van der Waals surface area contributed by atoms with Gasteiger partial charge in [0.25, 0.3) is 0 Å². The molecule has 201 valence electrons. The Morgan fingerprint density at radius 1 is 0.897 bits per heavy atom. The normalized spacial score (nSPS) is 11.0. The summed E-state index contributed by atoms with van der Waals surface area (Å²) < 4.78 is 6.33. The van der Waals surface area contributed by atoms with Gasteiger partial charge in [0.05, 0.1) is 5.76 Å². The number of fused-ring (bicyclic) bond motifs is 1. The minimum atomic E-state index is -0.125. The Balaban J connectivity index is 0.000000468. The van der Waals surface area contributed by atoms with Crippen LogP contribution in [0.4, 0.5) is 0 Å². The molecule has 1 N–H and O–H groups in total. The molecule has 1 radical (unpaired) electrons. The van der Waals surface area contributed by atoms with Gasteiger partial charge in [-0.05, 0) is 62.1 Å². The number of allylic oxidation sites excluding steroid dienone is 2. The molecule has 0 unspecified atom stereocenters. The first-order valence-corrected chi connectivity index (χ1v) is 12.6. The van der Waals surface area contributed by atoms with Crippen LogP contribution in [0.3, 0.4) is 0 Å². The number of nitrogens with zero attached hydrogens (tertiary/aromatic N) is 1. The molecule has 3 aromatic carbocycles. The standard InChI is InChI=1S/C29H24NO.C5H8O2.Ir/c1-18-14-19(2)16-25(15-18)28-29-24(12-13-30-28)17-26(31-29)22-8-10-23(11-9-22)27-20(3)6-5-7-21(27)4;1-4(6)3-5(2)7;/h5-15,17H,1-4H3;3,6H,1-2H3;/q-1;;/b;4-3-;. The molecule has 5 rings (SSSR count). The van der Waals surface area contributed by atoms with Crippen LogP contribution in [0.25, 0.3) is 44.7 Å². The number of aliphatic hydroxyl groups is 1. The number of furan rings is 1. The Bertz CT molecular complexity index is 1600. The maximum atomic E-state index is 10.0. The number of benzene rings is 3. The van der Waals surface area contributed by atoms with Crippen LogP contribution in [0, 0.1) is 33.8 Å². The molecule has 2 heterocycles. The zero-order chi connectivity index (χ0) is 27.4. The largest absolute Gasteiger partial charge is 0.512 e. The summed E-state index contributed by atoms with van der Waals surface area (Å²) in [6, 6.07) is 26.8. The maximum absolute atomic E-state index is 10.0. The average molecular weight is 695 g/mol. The molecule has 0 fully saturated rings. The van der Waals surface area contributed by atoms with Crippen LogP contribution in [-0.2, 0) is 24.9 Å². The number of aromatic nitrogens is 1. The Morgan fingerprint density at radius 2 is 1.54 bits per heavy atom. The van der Waals surface area contributed by atoms with Crippen molar-refractivity contribution in [1.82, 2.24) is 4.98 Å². The van der Waals surface area contributed by atoms with Crippen molar-refractivity contribution in [3.63, 3.8) is 0 Å². The van der Waals surface area contributed by atoms with Gasteiger partial charge in [0.2, 0.25) is 0 Å². The summed E-state index contributed by atoms with van der Waals surface area (Å²) in [7, 11) is 0. The molecule has 5 aromatic rings. The molecule has 2 aromatic heterocycles. The fourth-order valence-electron chi connectivity index (χ4n) is 4.69.